The zero-order valence-corrected chi connectivity index (χ0v) is 22.8. The van der Waals surface area contributed by atoms with E-state index in [-0.39, 0.29) is 35.9 Å². The molecule has 2 heterocycles. The highest BCUT2D eigenvalue weighted by Gasteiger charge is 2.20. The second-order valence-corrected chi connectivity index (χ2v) is 9.94. The van der Waals surface area contributed by atoms with Crippen LogP contribution in [0, 0.1) is 12.7 Å². The van der Waals surface area contributed by atoms with Gasteiger partial charge in [0.2, 0.25) is 5.82 Å². The molecule has 0 bridgehead atoms. The highest BCUT2D eigenvalue weighted by molar-refractivity contribution is 5.92. The SMILES string of the molecule is Cc1ccc(-c2nc(-c3ccc(CC(NC(=O)c4ccc(-c5ccc(C(C)C)cc5)o4)OC=O)cc3F)no2)cc1. The number of carbonyl (C=O) groups excluding carboxylic acids is 2. The lowest BCUT2D eigenvalue weighted by molar-refractivity contribution is -0.134. The Morgan fingerprint density at radius 2 is 1.73 bits per heavy atom. The summed E-state index contributed by atoms with van der Waals surface area (Å²) in [5, 5.41) is 6.52. The molecule has 0 aliphatic carbocycles. The van der Waals surface area contributed by atoms with Crippen LogP contribution in [0.25, 0.3) is 34.2 Å². The van der Waals surface area contributed by atoms with Gasteiger partial charge < -0.3 is 19.0 Å². The fraction of sp³-hybridized carbons (Fsp3) is 0.188. The van der Waals surface area contributed by atoms with Crippen molar-refractivity contribution in [1.82, 2.24) is 15.5 Å². The third kappa shape index (κ3) is 6.41. The monoisotopic (exact) mass is 553 g/mol. The number of aryl methyl sites for hydroxylation is 1. The average molecular weight is 554 g/mol. The minimum absolute atomic E-state index is 0.0206. The molecule has 0 radical (unpaired) electrons. The Bertz CT molecular complexity index is 1660. The molecule has 41 heavy (non-hydrogen) atoms. The van der Waals surface area contributed by atoms with Gasteiger partial charge in [0.25, 0.3) is 18.3 Å². The number of ether oxygens (including phenoxy) is 1. The molecule has 9 heteroatoms. The number of nitrogens with zero attached hydrogens (tertiary/aromatic N) is 2. The molecule has 5 aromatic rings. The Labute approximate surface area is 236 Å². The van der Waals surface area contributed by atoms with Crippen molar-refractivity contribution in [3.63, 3.8) is 0 Å². The van der Waals surface area contributed by atoms with Crippen LogP contribution in [0.1, 0.15) is 47.0 Å². The number of hydrogen-bond acceptors (Lipinski definition) is 7. The van der Waals surface area contributed by atoms with E-state index in [1.165, 1.54) is 17.7 Å². The van der Waals surface area contributed by atoms with Gasteiger partial charge in [-0.05, 0) is 60.4 Å². The summed E-state index contributed by atoms with van der Waals surface area (Å²) >= 11 is 0. The van der Waals surface area contributed by atoms with Crippen molar-refractivity contribution in [2.24, 2.45) is 0 Å². The summed E-state index contributed by atoms with van der Waals surface area (Å²) in [6, 6.07) is 23.1. The molecule has 3 aromatic carbocycles. The highest BCUT2D eigenvalue weighted by Crippen LogP contribution is 2.27. The van der Waals surface area contributed by atoms with Crippen LogP contribution in [0.15, 0.2) is 87.8 Å². The molecule has 5 rings (SSSR count). The maximum atomic E-state index is 15.1. The molecule has 208 valence electrons. The lowest BCUT2D eigenvalue weighted by atomic mass is 10.0. The molecular formula is C32H28FN3O5. The summed E-state index contributed by atoms with van der Waals surface area (Å²) in [6.07, 6.45) is -1.03. The van der Waals surface area contributed by atoms with E-state index in [1.54, 1.807) is 18.2 Å². The number of aromatic nitrogens is 2. The van der Waals surface area contributed by atoms with Crippen LogP contribution in [-0.4, -0.2) is 28.7 Å². The number of amides is 1. The van der Waals surface area contributed by atoms with Crippen molar-refractivity contribution in [3.8, 4) is 34.2 Å². The van der Waals surface area contributed by atoms with Gasteiger partial charge in [0.1, 0.15) is 11.6 Å². The maximum absolute atomic E-state index is 15.1. The van der Waals surface area contributed by atoms with Crippen molar-refractivity contribution in [2.45, 2.75) is 39.3 Å². The predicted octanol–water partition coefficient (Wildman–Crippen LogP) is 6.71. The molecule has 0 fully saturated rings. The van der Waals surface area contributed by atoms with Crippen LogP contribution >= 0.6 is 0 Å². The standard InChI is InChI=1S/C32H28FN3O5/c1-19(2)22-9-11-23(12-10-22)27-14-15-28(40-27)31(38)34-29(39-18-37)17-21-6-13-25(26(33)16-21)30-35-32(41-36-30)24-7-4-20(3)5-8-24/h4-16,18-19,29H,17H2,1-3H3,(H,34,38). The molecule has 1 unspecified atom stereocenters. The van der Waals surface area contributed by atoms with Crippen molar-refractivity contribution in [2.75, 3.05) is 0 Å². The van der Waals surface area contributed by atoms with E-state index >= 15 is 4.39 Å². The Kier molecular flexibility index (Phi) is 8.05. The Hall–Kier alpha value is -5.05. The molecule has 1 amide bonds. The lowest BCUT2D eigenvalue weighted by Crippen LogP contribution is -2.38. The van der Waals surface area contributed by atoms with Crippen LogP contribution in [-0.2, 0) is 16.0 Å². The molecule has 0 saturated carbocycles. The number of hydrogen-bond donors (Lipinski definition) is 1. The molecule has 2 aromatic heterocycles. The van der Waals surface area contributed by atoms with Gasteiger partial charge in [-0.15, -0.1) is 0 Å². The number of furan rings is 1. The maximum Gasteiger partial charge on any atom is 0.295 e. The first kappa shape index (κ1) is 27.5. The van der Waals surface area contributed by atoms with E-state index < -0.39 is 18.0 Å². The zero-order chi connectivity index (χ0) is 28.9. The summed E-state index contributed by atoms with van der Waals surface area (Å²) in [4.78, 5) is 28.3. The average Bonchev–Trinajstić information content (AvgIpc) is 3.65. The van der Waals surface area contributed by atoms with E-state index in [1.807, 2.05) is 55.5 Å². The Balaban J connectivity index is 1.26. The fourth-order valence-electron chi connectivity index (χ4n) is 4.29. The summed E-state index contributed by atoms with van der Waals surface area (Å²) in [5.74, 6) is 0.199. The molecule has 1 N–H and O–H groups in total. The summed E-state index contributed by atoms with van der Waals surface area (Å²) < 4.78 is 31.2. The van der Waals surface area contributed by atoms with Gasteiger partial charge in [0.05, 0.1) is 5.56 Å². The molecule has 1 atom stereocenters. The topological polar surface area (TPSA) is 107 Å². The van der Waals surface area contributed by atoms with Crippen LogP contribution in [0.3, 0.4) is 0 Å². The quantitative estimate of drug-likeness (QED) is 0.151. The van der Waals surface area contributed by atoms with Gasteiger partial charge in [-0.25, -0.2) is 4.39 Å². The first-order valence-corrected chi connectivity index (χ1v) is 13.1. The van der Waals surface area contributed by atoms with Crippen molar-refractivity contribution in [3.05, 3.63) is 107 Å². The summed E-state index contributed by atoms with van der Waals surface area (Å²) in [7, 11) is 0. The van der Waals surface area contributed by atoms with Crippen molar-refractivity contribution >= 4 is 12.4 Å². The fourth-order valence-corrected chi connectivity index (χ4v) is 4.29. The van der Waals surface area contributed by atoms with Gasteiger partial charge in [0, 0.05) is 17.5 Å². The first-order chi connectivity index (χ1) is 19.8. The summed E-state index contributed by atoms with van der Waals surface area (Å²) in [6.45, 7) is 6.42. The molecule has 0 aliphatic heterocycles. The largest absolute Gasteiger partial charge is 0.451 e. The molecule has 0 saturated heterocycles. The predicted molar refractivity (Wildman–Crippen MR) is 150 cm³/mol. The number of halogens is 1. The van der Waals surface area contributed by atoms with E-state index in [4.69, 9.17) is 13.7 Å². The number of benzene rings is 3. The first-order valence-electron chi connectivity index (χ1n) is 13.1. The molecular weight excluding hydrogens is 525 g/mol. The number of rotatable bonds is 10. The van der Waals surface area contributed by atoms with Gasteiger partial charge in [-0.2, -0.15) is 4.98 Å². The highest BCUT2D eigenvalue weighted by atomic mass is 19.1. The number of carbonyl (C=O) groups is 2. The Morgan fingerprint density at radius 3 is 2.41 bits per heavy atom. The second-order valence-electron chi connectivity index (χ2n) is 9.94. The van der Waals surface area contributed by atoms with Crippen LogP contribution in [0.5, 0.6) is 0 Å². The lowest BCUT2D eigenvalue weighted by Gasteiger charge is -2.16. The third-order valence-electron chi connectivity index (χ3n) is 6.62. The Morgan fingerprint density at radius 1 is 1.00 bits per heavy atom. The van der Waals surface area contributed by atoms with Crippen LogP contribution < -0.4 is 5.32 Å². The van der Waals surface area contributed by atoms with Crippen molar-refractivity contribution in [1.29, 1.82) is 0 Å². The van der Waals surface area contributed by atoms with E-state index in [2.05, 4.69) is 29.3 Å². The number of nitrogens with one attached hydrogen (secondary N) is 1. The minimum Gasteiger partial charge on any atom is -0.451 e. The van der Waals surface area contributed by atoms with Crippen LogP contribution in [0.2, 0.25) is 0 Å². The smallest absolute Gasteiger partial charge is 0.295 e. The second kappa shape index (κ2) is 12.0. The molecule has 0 aliphatic rings. The normalized spacial score (nSPS) is 11.8. The van der Waals surface area contributed by atoms with Crippen LogP contribution in [0.4, 0.5) is 4.39 Å². The van der Waals surface area contributed by atoms with Gasteiger partial charge in [0.15, 0.2) is 12.0 Å². The van der Waals surface area contributed by atoms with E-state index in [9.17, 15) is 9.59 Å². The van der Waals surface area contributed by atoms with E-state index in [0.29, 0.717) is 17.2 Å². The third-order valence-corrected chi connectivity index (χ3v) is 6.62. The molecule has 8 nitrogen and oxygen atoms in total. The minimum atomic E-state index is -1.05. The summed E-state index contributed by atoms with van der Waals surface area (Å²) in [5.41, 5.74) is 4.47. The van der Waals surface area contributed by atoms with Gasteiger partial charge in [-0.3, -0.25) is 9.59 Å². The molecule has 0 spiro atoms. The van der Waals surface area contributed by atoms with E-state index in [0.717, 1.165) is 16.7 Å². The van der Waals surface area contributed by atoms with Gasteiger partial charge in [-0.1, -0.05) is 67.0 Å². The van der Waals surface area contributed by atoms with Gasteiger partial charge >= 0.3 is 0 Å². The van der Waals surface area contributed by atoms with Crippen molar-refractivity contribution < 1.29 is 27.7 Å². The zero-order valence-electron chi connectivity index (χ0n) is 22.8.